The van der Waals surface area contributed by atoms with E-state index in [9.17, 15) is 35.5 Å². The summed E-state index contributed by atoms with van der Waals surface area (Å²) in [7, 11) is -8.70. The van der Waals surface area contributed by atoms with E-state index in [2.05, 4.69) is 33.1 Å². The first-order chi connectivity index (χ1) is 29.4. The number of amides is 2. The molecule has 1 atom stereocenters. The summed E-state index contributed by atoms with van der Waals surface area (Å²) in [5, 5.41) is 5.93. The van der Waals surface area contributed by atoms with Crippen LogP contribution in [-0.4, -0.2) is 61.1 Å². The number of carbonyl (C=O) groups excluding carboxylic acids is 2. The summed E-state index contributed by atoms with van der Waals surface area (Å²) in [6.07, 6.45) is 12.2. The van der Waals surface area contributed by atoms with Gasteiger partial charge in [-0.05, 0) is 131 Å². The van der Waals surface area contributed by atoms with Crippen LogP contribution in [0.15, 0.2) is 125 Å². The highest BCUT2D eigenvalue weighted by Crippen LogP contribution is 2.37. The minimum absolute atomic E-state index is 0.0677. The standard InChI is InChI=1S/C48H56N4O8S2/c1-7-51-45(37(6)43-30-42(62(58,59)60)24-26-46(43)51)15-11-8-10-14-36(5)52(44-25-23-41(29-35(44)4)61(55,56)57)27-13-9-12-16-47(53)49-31-38-19-21-40(22-20-38)48(54)50-32-39-18-17-33(2)34(3)28-39/h8,10-11,14-15,17-26,28-30,37H,7,9,12-13,16,27,31-32H2,1-6H3,(H3-,49,50,53,54,55,56,57,58,59,60)/p+1. The summed E-state index contributed by atoms with van der Waals surface area (Å²) < 4.78 is 68.6. The molecule has 0 saturated heterocycles. The maximum Gasteiger partial charge on any atom is 0.294 e. The predicted octanol–water partition coefficient (Wildman–Crippen LogP) is 8.66. The zero-order valence-electron chi connectivity index (χ0n) is 36.2. The molecule has 1 aliphatic rings. The van der Waals surface area contributed by atoms with E-state index in [-0.39, 0.29) is 27.5 Å². The first-order valence-electron chi connectivity index (χ1n) is 20.7. The molecule has 4 aromatic rings. The number of carbonyl (C=O) groups is 2. The van der Waals surface area contributed by atoms with Crippen molar-refractivity contribution < 1.29 is 40.1 Å². The largest absolute Gasteiger partial charge is 0.352 e. The van der Waals surface area contributed by atoms with Crippen molar-refractivity contribution in [3.05, 3.63) is 154 Å². The van der Waals surface area contributed by atoms with Gasteiger partial charge in [-0.1, -0.05) is 55.0 Å². The molecule has 0 spiro atoms. The Bertz CT molecular complexity index is 2650. The van der Waals surface area contributed by atoms with E-state index in [1.165, 1.54) is 35.4 Å². The normalized spacial score (nSPS) is 14.5. The van der Waals surface area contributed by atoms with Crippen LogP contribution in [-0.2, 0) is 38.1 Å². The Labute approximate surface area is 366 Å². The first-order valence-corrected chi connectivity index (χ1v) is 23.6. The van der Waals surface area contributed by atoms with Crippen molar-refractivity contribution in [3.8, 4) is 0 Å². The monoisotopic (exact) mass is 881 g/mol. The van der Waals surface area contributed by atoms with E-state index in [1.54, 1.807) is 31.2 Å². The lowest BCUT2D eigenvalue weighted by Gasteiger charge is -2.27. The number of benzene rings is 4. The Morgan fingerprint density at radius 1 is 0.742 bits per heavy atom. The number of nitrogens with one attached hydrogen (secondary N) is 2. The molecule has 328 valence electrons. The summed E-state index contributed by atoms with van der Waals surface area (Å²) in [6, 6.07) is 22.5. The first kappa shape index (κ1) is 47.4. The maximum absolute atomic E-state index is 12.7. The molecule has 0 fully saturated rings. The summed E-state index contributed by atoms with van der Waals surface area (Å²) in [5.74, 6) is -0.325. The zero-order valence-corrected chi connectivity index (χ0v) is 37.8. The second kappa shape index (κ2) is 20.9. The molecule has 12 nitrogen and oxygen atoms in total. The van der Waals surface area contributed by atoms with E-state index in [1.807, 2.05) is 82.3 Å². The van der Waals surface area contributed by atoms with Gasteiger partial charge in [-0.25, -0.2) is 0 Å². The van der Waals surface area contributed by atoms with Crippen molar-refractivity contribution in [1.29, 1.82) is 0 Å². The molecule has 62 heavy (non-hydrogen) atoms. The van der Waals surface area contributed by atoms with Crippen LogP contribution < -0.4 is 15.5 Å². The lowest BCUT2D eigenvalue weighted by Crippen LogP contribution is -2.24. The molecule has 1 aliphatic heterocycles. The Morgan fingerprint density at radius 2 is 1.40 bits per heavy atom. The van der Waals surface area contributed by atoms with Crippen molar-refractivity contribution >= 4 is 49.1 Å². The van der Waals surface area contributed by atoms with Crippen molar-refractivity contribution in [2.75, 3.05) is 18.0 Å². The number of hydrogen-bond acceptors (Lipinski definition) is 7. The van der Waals surface area contributed by atoms with Crippen LogP contribution in [0, 0.1) is 20.8 Å². The number of rotatable bonds is 19. The lowest BCUT2D eigenvalue weighted by atomic mass is 9.98. The van der Waals surface area contributed by atoms with Crippen LogP contribution in [0.1, 0.15) is 96.1 Å². The number of nitrogens with zero attached hydrogens (tertiary/aromatic N) is 2. The smallest absolute Gasteiger partial charge is 0.294 e. The van der Waals surface area contributed by atoms with Crippen LogP contribution in [0.5, 0.6) is 0 Å². The third kappa shape index (κ3) is 12.5. The van der Waals surface area contributed by atoms with Crippen LogP contribution in [0.3, 0.4) is 0 Å². The zero-order chi connectivity index (χ0) is 45.2. The third-order valence-electron chi connectivity index (χ3n) is 11.2. The fourth-order valence-electron chi connectivity index (χ4n) is 7.48. The lowest BCUT2D eigenvalue weighted by molar-refractivity contribution is -0.432. The molecule has 4 aromatic carbocycles. The van der Waals surface area contributed by atoms with Crippen molar-refractivity contribution in [3.63, 3.8) is 0 Å². The second-order valence-electron chi connectivity index (χ2n) is 15.6. The molecule has 14 heteroatoms. The summed E-state index contributed by atoms with van der Waals surface area (Å²) in [5.41, 5.74) is 9.92. The van der Waals surface area contributed by atoms with E-state index >= 15 is 0 Å². The van der Waals surface area contributed by atoms with Gasteiger partial charge in [-0.15, -0.1) is 0 Å². The number of allylic oxidation sites excluding steroid dienone is 6. The van der Waals surface area contributed by atoms with E-state index < -0.39 is 20.2 Å². The van der Waals surface area contributed by atoms with Gasteiger partial charge < -0.3 is 15.5 Å². The molecular formula is C48H57N4O8S2+. The number of fused-ring (bicyclic) bond motifs is 1. The molecule has 0 radical (unpaired) electrons. The van der Waals surface area contributed by atoms with Gasteiger partial charge in [0.1, 0.15) is 6.54 Å². The fraction of sp³-hybridized carbons (Fsp3) is 0.312. The number of aryl methyl sites for hydroxylation is 3. The molecule has 0 bridgehead atoms. The van der Waals surface area contributed by atoms with E-state index in [0.29, 0.717) is 50.1 Å². The van der Waals surface area contributed by atoms with Gasteiger partial charge in [0.25, 0.3) is 26.1 Å². The average molecular weight is 882 g/mol. The van der Waals surface area contributed by atoms with Gasteiger partial charge in [0.05, 0.1) is 15.7 Å². The summed E-state index contributed by atoms with van der Waals surface area (Å²) in [6.45, 7) is 13.9. The van der Waals surface area contributed by atoms with Gasteiger partial charge in [0, 0.05) is 60.7 Å². The molecule has 2 amide bonds. The van der Waals surface area contributed by atoms with Crippen molar-refractivity contribution in [2.45, 2.75) is 96.0 Å². The molecule has 1 heterocycles. The number of unbranched alkanes of at least 4 members (excludes halogenated alkanes) is 2. The van der Waals surface area contributed by atoms with Crippen LogP contribution in [0.4, 0.5) is 11.4 Å². The van der Waals surface area contributed by atoms with E-state index in [4.69, 9.17) is 0 Å². The predicted molar refractivity (Wildman–Crippen MR) is 244 cm³/mol. The highest BCUT2D eigenvalue weighted by molar-refractivity contribution is 7.86. The highest BCUT2D eigenvalue weighted by atomic mass is 32.2. The third-order valence-corrected chi connectivity index (χ3v) is 12.9. The van der Waals surface area contributed by atoms with Gasteiger partial charge in [0.15, 0.2) is 5.71 Å². The average Bonchev–Trinajstić information content (AvgIpc) is 3.50. The quantitative estimate of drug-likeness (QED) is 0.0311. The minimum atomic E-state index is -4.37. The second-order valence-corrected chi connectivity index (χ2v) is 18.4. The molecule has 5 rings (SSSR count). The molecule has 0 saturated carbocycles. The van der Waals surface area contributed by atoms with Crippen molar-refractivity contribution in [2.24, 2.45) is 0 Å². The number of anilines is 1. The molecule has 0 aromatic heterocycles. The molecule has 1 unspecified atom stereocenters. The summed E-state index contributed by atoms with van der Waals surface area (Å²) in [4.78, 5) is 27.2. The van der Waals surface area contributed by atoms with Crippen LogP contribution >= 0.6 is 0 Å². The van der Waals surface area contributed by atoms with Crippen molar-refractivity contribution in [1.82, 2.24) is 10.6 Å². The van der Waals surface area contributed by atoms with Gasteiger partial charge in [-0.3, -0.25) is 18.7 Å². The van der Waals surface area contributed by atoms with E-state index in [0.717, 1.165) is 52.3 Å². The van der Waals surface area contributed by atoms with Crippen LogP contribution in [0.2, 0.25) is 0 Å². The van der Waals surface area contributed by atoms with Crippen LogP contribution in [0.25, 0.3) is 0 Å². The van der Waals surface area contributed by atoms with Gasteiger partial charge >= 0.3 is 0 Å². The Kier molecular flexibility index (Phi) is 16.0. The van der Waals surface area contributed by atoms with Gasteiger partial charge in [-0.2, -0.15) is 21.4 Å². The van der Waals surface area contributed by atoms with Gasteiger partial charge in [0.2, 0.25) is 11.6 Å². The fourth-order valence-corrected chi connectivity index (χ4v) is 8.56. The Balaban J connectivity index is 1.15. The Hall–Kier alpha value is -5.67. The highest BCUT2D eigenvalue weighted by Gasteiger charge is 2.35. The summed E-state index contributed by atoms with van der Waals surface area (Å²) >= 11 is 0. The minimum Gasteiger partial charge on any atom is -0.352 e. The molecular weight excluding hydrogens is 825 g/mol. The Morgan fingerprint density at radius 3 is 2.06 bits per heavy atom. The maximum atomic E-state index is 12.7. The topological polar surface area (TPSA) is 173 Å². The SMILES string of the molecule is CC[N+]1=C(/C=C/C=C/C=C(\C)N(CCCCCC(=O)NCc2ccc(C(=O)NCc3ccc(C)c(C)c3)cc2)c2ccc(S(=O)(=O)O)cc2C)C(C)c2cc(S(=O)(=O)O)ccc21. The molecule has 0 aliphatic carbocycles. The molecule has 4 N–H and O–H groups in total. The number of hydrogen-bond donors (Lipinski definition) is 4.